The molecule has 1 aromatic heterocycles. The van der Waals surface area contributed by atoms with Crippen LogP contribution in [0.5, 0.6) is 5.75 Å². The zero-order chi connectivity index (χ0) is 19.6. The summed E-state index contributed by atoms with van der Waals surface area (Å²) in [6, 6.07) is 9.73. The standard InChI is InChI=1S/C21H31N3O2S.HI/c1-5-22-21(23-12-16(4)18-9-10-27-14-18)24-13-20(25)17-7-6-8-19(11-17)26-15(2)3;/h6-11,14-16,20,25H,5,12-13H2,1-4H3,(H2,22,23,24);1H. The van der Waals surface area contributed by atoms with Gasteiger partial charge in [0.05, 0.1) is 12.2 Å². The van der Waals surface area contributed by atoms with Crippen molar-refractivity contribution in [1.29, 1.82) is 0 Å². The number of thiophene rings is 1. The molecule has 0 saturated carbocycles. The van der Waals surface area contributed by atoms with Crippen molar-refractivity contribution in [3.8, 4) is 5.75 Å². The summed E-state index contributed by atoms with van der Waals surface area (Å²) in [5, 5.41) is 21.2. The van der Waals surface area contributed by atoms with Crippen LogP contribution >= 0.6 is 35.3 Å². The highest BCUT2D eigenvalue weighted by molar-refractivity contribution is 14.0. The summed E-state index contributed by atoms with van der Waals surface area (Å²) in [4.78, 5) is 4.66. The third-order valence-electron chi connectivity index (χ3n) is 4.06. The van der Waals surface area contributed by atoms with E-state index in [1.165, 1.54) is 5.56 Å². The number of hydrogen-bond acceptors (Lipinski definition) is 4. The van der Waals surface area contributed by atoms with Crippen LogP contribution in [0.4, 0.5) is 0 Å². The number of hydrogen-bond donors (Lipinski definition) is 3. The lowest BCUT2D eigenvalue weighted by Crippen LogP contribution is -2.39. The molecule has 28 heavy (non-hydrogen) atoms. The molecule has 156 valence electrons. The molecule has 0 radical (unpaired) electrons. The van der Waals surface area contributed by atoms with E-state index >= 15 is 0 Å². The number of ether oxygens (including phenoxy) is 1. The van der Waals surface area contributed by atoms with Crippen LogP contribution in [0.15, 0.2) is 46.1 Å². The maximum absolute atomic E-state index is 10.5. The highest BCUT2D eigenvalue weighted by Crippen LogP contribution is 2.20. The second-order valence-electron chi connectivity index (χ2n) is 6.81. The van der Waals surface area contributed by atoms with Gasteiger partial charge in [-0.2, -0.15) is 11.3 Å². The maximum Gasteiger partial charge on any atom is 0.191 e. The zero-order valence-electron chi connectivity index (χ0n) is 17.0. The van der Waals surface area contributed by atoms with Gasteiger partial charge in [-0.25, -0.2) is 0 Å². The Kier molecular flexibility index (Phi) is 11.5. The highest BCUT2D eigenvalue weighted by atomic mass is 127. The molecule has 0 spiro atoms. The van der Waals surface area contributed by atoms with Crippen LogP contribution in [0.3, 0.4) is 0 Å². The highest BCUT2D eigenvalue weighted by Gasteiger charge is 2.11. The molecule has 2 atom stereocenters. The molecule has 0 aliphatic heterocycles. The van der Waals surface area contributed by atoms with Gasteiger partial charge in [-0.15, -0.1) is 24.0 Å². The largest absolute Gasteiger partial charge is 0.491 e. The normalized spacial score (nSPS) is 13.6. The summed E-state index contributed by atoms with van der Waals surface area (Å²) in [5.41, 5.74) is 2.13. The van der Waals surface area contributed by atoms with Crippen molar-refractivity contribution in [2.24, 2.45) is 4.99 Å². The maximum atomic E-state index is 10.5. The first kappa shape index (κ1) is 24.7. The van der Waals surface area contributed by atoms with Gasteiger partial charge in [-0.1, -0.05) is 19.1 Å². The Bertz CT molecular complexity index is 707. The fourth-order valence-corrected chi connectivity index (χ4v) is 3.39. The average Bonchev–Trinajstić information content (AvgIpc) is 3.18. The van der Waals surface area contributed by atoms with Crippen molar-refractivity contribution in [2.75, 3.05) is 19.6 Å². The molecule has 2 rings (SSSR count). The fourth-order valence-electron chi connectivity index (χ4n) is 2.61. The Balaban J connectivity index is 0.00000392. The van der Waals surface area contributed by atoms with Crippen LogP contribution in [0.25, 0.3) is 0 Å². The van der Waals surface area contributed by atoms with Crippen molar-refractivity contribution in [1.82, 2.24) is 10.6 Å². The molecule has 5 nitrogen and oxygen atoms in total. The smallest absolute Gasteiger partial charge is 0.191 e. The molecule has 7 heteroatoms. The number of nitrogens with one attached hydrogen (secondary N) is 2. The zero-order valence-corrected chi connectivity index (χ0v) is 20.2. The van der Waals surface area contributed by atoms with E-state index in [-0.39, 0.29) is 30.1 Å². The first-order chi connectivity index (χ1) is 13.0. The lowest BCUT2D eigenvalue weighted by Gasteiger charge is -2.17. The Morgan fingerprint density at radius 3 is 2.61 bits per heavy atom. The molecule has 0 saturated heterocycles. The van der Waals surface area contributed by atoms with Gasteiger partial charge >= 0.3 is 0 Å². The van der Waals surface area contributed by atoms with Gasteiger partial charge in [0.25, 0.3) is 0 Å². The SMILES string of the molecule is CCNC(=NCC(C)c1ccsc1)NCC(O)c1cccc(OC(C)C)c1.I. The van der Waals surface area contributed by atoms with Crippen LogP contribution < -0.4 is 15.4 Å². The third-order valence-corrected chi connectivity index (χ3v) is 4.76. The minimum absolute atomic E-state index is 0. The van der Waals surface area contributed by atoms with E-state index in [0.717, 1.165) is 17.9 Å². The van der Waals surface area contributed by atoms with Crippen molar-refractivity contribution >= 4 is 41.3 Å². The Morgan fingerprint density at radius 1 is 1.18 bits per heavy atom. The first-order valence-corrected chi connectivity index (χ1v) is 10.4. The molecule has 0 aliphatic rings. The molecule has 0 amide bonds. The van der Waals surface area contributed by atoms with Gasteiger partial charge in [0.2, 0.25) is 0 Å². The van der Waals surface area contributed by atoms with Gasteiger partial charge in [0.15, 0.2) is 5.96 Å². The summed E-state index contributed by atoms with van der Waals surface area (Å²) in [5.74, 6) is 1.85. The van der Waals surface area contributed by atoms with Gasteiger partial charge in [-0.3, -0.25) is 4.99 Å². The lowest BCUT2D eigenvalue weighted by atomic mass is 10.1. The third kappa shape index (κ3) is 8.36. The molecular weight excluding hydrogens is 485 g/mol. The molecular formula is C21H32IN3O2S. The number of aliphatic imine (C=N–C) groups is 1. The van der Waals surface area contributed by atoms with E-state index in [1.54, 1.807) is 11.3 Å². The summed E-state index contributed by atoms with van der Waals surface area (Å²) in [6.45, 7) is 10.0. The fraction of sp³-hybridized carbons (Fsp3) is 0.476. The Hall–Kier alpha value is -1.32. The summed E-state index contributed by atoms with van der Waals surface area (Å²) in [7, 11) is 0. The van der Waals surface area contributed by atoms with Crippen LogP contribution in [0.2, 0.25) is 0 Å². The molecule has 1 aromatic carbocycles. The van der Waals surface area contributed by atoms with Crippen molar-refractivity contribution < 1.29 is 9.84 Å². The molecule has 2 aromatic rings. The van der Waals surface area contributed by atoms with Crippen molar-refractivity contribution in [3.63, 3.8) is 0 Å². The van der Waals surface area contributed by atoms with E-state index in [9.17, 15) is 5.11 Å². The van der Waals surface area contributed by atoms with E-state index in [4.69, 9.17) is 4.74 Å². The van der Waals surface area contributed by atoms with E-state index in [1.807, 2.05) is 45.0 Å². The van der Waals surface area contributed by atoms with Crippen LogP contribution in [0, 0.1) is 0 Å². The predicted octanol–water partition coefficient (Wildman–Crippen LogP) is 4.55. The van der Waals surface area contributed by atoms with Crippen molar-refractivity contribution in [3.05, 3.63) is 52.2 Å². The topological polar surface area (TPSA) is 65.9 Å². The molecule has 1 heterocycles. The molecule has 2 unspecified atom stereocenters. The lowest BCUT2D eigenvalue weighted by molar-refractivity contribution is 0.179. The van der Waals surface area contributed by atoms with Gasteiger partial charge in [-0.05, 0) is 60.9 Å². The number of nitrogens with zero attached hydrogens (tertiary/aromatic N) is 1. The van der Waals surface area contributed by atoms with Crippen LogP contribution in [-0.4, -0.2) is 36.8 Å². The Labute approximate surface area is 189 Å². The van der Waals surface area contributed by atoms with E-state index < -0.39 is 6.10 Å². The quantitative estimate of drug-likeness (QED) is 0.260. The average molecular weight is 517 g/mol. The number of benzene rings is 1. The number of guanidine groups is 1. The Morgan fingerprint density at radius 2 is 1.96 bits per heavy atom. The molecule has 0 bridgehead atoms. The number of halogens is 1. The first-order valence-electron chi connectivity index (χ1n) is 9.48. The van der Waals surface area contributed by atoms with Crippen LogP contribution in [-0.2, 0) is 0 Å². The minimum Gasteiger partial charge on any atom is -0.491 e. The number of aliphatic hydroxyl groups excluding tert-OH is 1. The van der Waals surface area contributed by atoms with Crippen LogP contribution in [0.1, 0.15) is 50.8 Å². The second kappa shape index (κ2) is 13.0. The number of aliphatic hydroxyl groups is 1. The van der Waals surface area contributed by atoms with Crippen molar-refractivity contribution in [2.45, 2.75) is 45.8 Å². The van der Waals surface area contributed by atoms with Gasteiger partial charge in [0.1, 0.15) is 5.75 Å². The van der Waals surface area contributed by atoms with E-state index in [0.29, 0.717) is 25.0 Å². The van der Waals surface area contributed by atoms with Gasteiger partial charge in [0, 0.05) is 25.6 Å². The monoisotopic (exact) mass is 517 g/mol. The van der Waals surface area contributed by atoms with Gasteiger partial charge < -0.3 is 20.5 Å². The molecule has 0 fully saturated rings. The second-order valence-corrected chi connectivity index (χ2v) is 7.59. The molecule has 3 N–H and O–H groups in total. The molecule has 0 aliphatic carbocycles. The summed E-state index contributed by atoms with van der Waals surface area (Å²) in [6.07, 6.45) is -0.535. The summed E-state index contributed by atoms with van der Waals surface area (Å²) >= 11 is 1.71. The number of rotatable bonds is 9. The van der Waals surface area contributed by atoms with E-state index in [2.05, 4.69) is 39.4 Å². The predicted molar refractivity (Wildman–Crippen MR) is 129 cm³/mol. The summed E-state index contributed by atoms with van der Waals surface area (Å²) < 4.78 is 5.70. The minimum atomic E-state index is -0.640.